The van der Waals surface area contributed by atoms with Crippen molar-refractivity contribution in [2.24, 2.45) is 5.92 Å². The molecule has 0 amide bonds. The highest BCUT2D eigenvalue weighted by Gasteiger charge is 2.18. The van der Waals surface area contributed by atoms with Gasteiger partial charge in [0.2, 0.25) is 0 Å². The Hall–Kier alpha value is -0.520. The van der Waals surface area contributed by atoms with Gasteiger partial charge in [-0.05, 0) is 58.7 Å². The van der Waals surface area contributed by atoms with Crippen LogP contribution >= 0.6 is 0 Å². The molecule has 1 N–H and O–H groups in total. The standard InChI is InChI=1S/C14H26N2/c1-4-5-6-10-16(13(2)3)12-14-8-7-9-15-11-14/h1,13-15H,5-12H2,2-3H3. The molecule has 2 heteroatoms. The topological polar surface area (TPSA) is 15.3 Å². The van der Waals surface area contributed by atoms with Crippen molar-refractivity contribution >= 4 is 0 Å². The number of hydrogen-bond donors (Lipinski definition) is 1. The Morgan fingerprint density at radius 1 is 1.50 bits per heavy atom. The lowest BCUT2D eigenvalue weighted by atomic mass is 9.98. The van der Waals surface area contributed by atoms with E-state index in [-0.39, 0.29) is 0 Å². The first-order valence-electron chi connectivity index (χ1n) is 6.62. The second-order valence-corrected chi connectivity index (χ2v) is 5.11. The van der Waals surface area contributed by atoms with Gasteiger partial charge in [0, 0.05) is 19.0 Å². The number of piperidine rings is 1. The minimum atomic E-state index is 0.639. The van der Waals surface area contributed by atoms with Gasteiger partial charge in [0.15, 0.2) is 0 Å². The molecule has 16 heavy (non-hydrogen) atoms. The van der Waals surface area contributed by atoms with Gasteiger partial charge in [0.25, 0.3) is 0 Å². The zero-order valence-electron chi connectivity index (χ0n) is 10.8. The van der Waals surface area contributed by atoms with Crippen molar-refractivity contribution in [3.8, 4) is 12.3 Å². The Labute approximate surface area is 101 Å². The Morgan fingerprint density at radius 3 is 2.88 bits per heavy atom. The van der Waals surface area contributed by atoms with E-state index in [9.17, 15) is 0 Å². The van der Waals surface area contributed by atoms with E-state index >= 15 is 0 Å². The molecular formula is C14H26N2. The fraction of sp³-hybridized carbons (Fsp3) is 0.857. The van der Waals surface area contributed by atoms with Crippen molar-refractivity contribution in [3.05, 3.63) is 0 Å². The van der Waals surface area contributed by atoms with E-state index in [4.69, 9.17) is 6.42 Å². The Balaban J connectivity index is 2.29. The third kappa shape index (κ3) is 5.01. The van der Waals surface area contributed by atoms with E-state index in [2.05, 4.69) is 30.0 Å². The number of terminal acetylenes is 1. The van der Waals surface area contributed by atoms with Crippen LogP contribution in [-0.4, -0.2) is 37.1 Å². The van der Waals surface area contributed by atoms with Crippen LogP contribution in [-0.2, 0) is 0 Å². The average molecular weight is 222 g/mol. The maximum Gasteiger partial charge on any atom is 0.00982 e. The van der Waals surface area contributed by atoms with Crippen molar-refractivity contribution in [3.63, 3.8) is 0 Å². The maximum absolute atomic E-state index is 5.30. The first kappa shape index (κ1) is 13.5. The summed E-state index contributed by atoms with van der Waals surface area (Å²) in [5.74, 6) is 3.56. The molecule has 1 rings (SSSR count). The van der Waals surface area contributed by atoms with Crippen molar-refractivity contribution in [1.82, 2.24) is 10.2 Å². The molecule has 1 fully saturated rings. The van der Waals surface area contributed by atoms with Crippen LogP contribution in [0.4, 0.5) is 0 Å². The van der Waals surface area contributed by atoms with Gasteiger partial charge < -0.3 is 10.2 Å². The predicted molar refractivity (Wildman–Crippen MR) is 70.4 cm³/mol. The lowest BCUT2D eigenvalue weighted by Gasteiger charge is -2.32. The normalized spacial score (nSPS) is 21.3. The smallest absolute Gasteiger partial charge is 0.00982 e. The molecule has 0 aromatic carbocycles. The van der Waals surface area contributed by atoms with Crippen LogP contribution in [0, 0.1) is 18.3 Å². The molecule has 0 aliphatic carbocycles. The molecule has 92 valence electrons. The summed E-state index contributed by atoms with van der Waals surface area (Å²) < 4.78 is 0. The monoisotopic (exact) mass is 222 g/mol. The van der Waals surface area contributed by atoms with Crippen molar-refractivity contribution in [2.45, 2.75) is 45.6 Å². The third-order valence-corrected chi connectivity index (χ3v) is 3.39. The minimum absolute atomic E-state index is 0.639. The van der Waals surface area contributed by atoms with Gasteiger partial charge in [-0.1, -0.05) is 0 Å². The quantitative estimate of drug-likeness (QED) is 0.547. The predicted octanol–water partition coefficient (Wildman–Crippen LogP) is 2.11. The highest BCUT2D eigenvalue weighted by molar-refractivity contribution is 4.84. The lowest BCUT2D eigenvalue weighted by Crippen LogP contribution is -2.41. The molecule has 0 aromatic heterocycles. The molecule has 1 aliphatic rings. The summed E-state index contributed by atoms with van der Waals surface area (Å²) in [6.07, 6.45) is 10.1. The average Bonchev–Trinajstić information content (AvgIpc) is 2.29. The molecule has 0 saturated carbocycles. The Morgan fingerprint density at radius 2 is 2.31 bits per heavy atom. The van der Waals surface area contributed by atoms with Crippen LogP contribution in [0.5, 0.6) is 0 Å². The van der Waals surface area contributed by atoms with Gasteiger partial charge >= 0.3 is 0 Å². The highest BCUT2D eigenvalue weighted by Crippen LogP contribution is 2.14. The fourth-order valence-electron chi connectivity index (χ4n) is 2.36. The summed E-state index contributed by atoms with van der Waals surface area (Å²) in [7, 11) is 0. The minimum Gasteiger partial charge on any atom is -0.316 e. The van der Waals surface area contributed by atoms with Crippen molar-refractivity contribution < 1.29 is 0 Å². The van der Waals surface area contributed by atoms with Crippen LogP contribution in [0.3, 0.4) is 0 Å². The summed E-state index contributed by atoms with van der Waals surface area (Å²) in [5.41, 5.74) is 0. The van der Waals surface area contributed by atoms with Crippen LogP contribution in [0.2, 0.25) is 0 Å². The third-order valence-electron chi connectivity index (χ3n) is 3.39. The molecule has 0 spiro atoms. The molecule has 1 atom stereocenters. The van der Waals surface area contributed by atoms with Crippen molar-refractivity contribution in [1.29, 1.82) is 0 Å². The second-order valence-electron chi connectivity index (χ2n) is 5.11. The molecule has 0 bridgehead atoms. The largest absolute Gasteiger partial charge is 0.316 e. The van der Waals surface area contributed by atoms with Crippen LogP contribution in [0.25, 0.3) is 0 Å². The molecular weight excluding hydrogens is 196 g/mol. The Kier molecular flexibility index (Phi) is 6.52. The number of nitrogens with zero attached hydrogens (tertiary/aromatic N) is 1. The molecule has 1 heterocycles. The first-order chi connectivity index (χ1) is 7.74. The lowest BCUT2D eigenvalue weighted by molar-refractivity contribution is 0.170. The fourth-order valence-corrected chi connectivity index (χ4v) is 2.36. The molecule has 1 saturated heterocycles. The van der Waals surface area contributed by atoms with Gasteiger partial charge in [0.1, 0.15) is 0 Å². The number of rotatable bonds is 6. The zero-order valence-corrected chi connectivity index (χ0v) is 10.8. The van der Waals surface area contributed by atoms with Gasteiger partial charge in [-0.2, -0.15) is 0 Å². The summed E-state index contributed by atoms with van der Waals surface area (Å²) in [6.45, 7) is 9.35. The van der Waals surface area contributed by atoms with E-state index in [1.54, 1.807) is 0 Å². The van der Waals surface area contributed by atoms with Gasteiger partial charge in [0.05, 0.1) is 0 Å². The van der Waals surface area contributed by atoms with Gasteiger partial charge in [-0.25, -0.2) is 0 Å². The number of nitrogens with one attached hydrogen (secondary N) is 1. The summed E-state index contributed by atoms with van der Waals surface area (Å²) in [4.78, 5) is 2.58. The zero-order chi connectivity index (χ0) is 11.8. The summed E-state index contributed by atoms with van der Waals surface area (Å²) >= 11 is 0. The molecule has 1 aliphatic heterocycles. The van der Waals surface area contributed by atoms with Gasteiger partial charge in [-0.3, -0.25) is 0 Å². The SMILES string of the molecule is C#CCCCN(CC1CCCNC1)C(C)C. The van der Waals surface area contributed by atoms with E-state index in [0.29, 0.717) is 6.04 Å². The van der Waals surface area contributed by atoms with E-state index in [1.165, 1.54) is 32.5 Å². The maximum atomic E-state index is 5.30. The second kappa shape index (κ2) is 7.70. The van der Waals surface area contributed by atoms with Gasteiger partial charge in [-0.15, -0.1) is 12.3 Å². The molecule has 0 radical (unpaired) electrons. The number of hydrogen-bond acceptors (Lipinski definition) is 2. The highest BCUT2D eigenvalue weighted by atomic mass is 15.1. The molecule has 0 aromatic rings. The Bertz CT molecular complexity index is 211. The van der Waals surface area contributed by atoms with E-state index in [0.717, 1.165) is 25.3 Å². The number of unbranched alkanes of at least 4 members (excludes halogenated alkanes) is 1. The summed E-state index contributed by atoms with van der Waals surface area (Å²) in [6, 6.07) is 0.639. The van der Waals surface area contributed by atoms with Crippen LogP contribution in [0.15, 0.2) is 0 Å². The van der Waals surface area contributed by atoms with Crippen LogP contribution in [0.1, 0.15) is 39.5 Å². The van der Waals surface area contributed by atoms with Crippen molar-refractivity contribution in [2.75, 3.05) is 26.2 Å². The van der Waals surface area contributed by atoms with E-state index < -0.39 is 0 Å². The molecule has 2 nitrogen and oxygen atoms in total. The van der Waals surface area contributed by atoms with E-state index in [1.807, 2.05) is 0 Å². The molecule has 1 unspecified atom stereocenters. The first-order valence-corrected chi connectivity index (χ1v) is 6.62. The summed E-state index contributed by atoms with van der Waals surface area (Å²) in [5, 5.41) is 3.49. The van der Waals surface area contributed by atoms with Crippen LogP contribution < -0.4 is 5.32 Å².